The van der Waals surface area contributed by atoms with Crippen LogP contribution < -0.4 is 5.73 Å². The smallest absolute Gasteiger partial charge is 0.191 e. The molecule has 0 saturated carbocycles. The molecule has 5 heteroatoms. The second kappa shape index (κ2) is 7.40. The van der Waals surface area contributed by atoms with Gasteiger partial charge in [0.1, 0.15) is 0 Å². The molecule has 0 aliphatic carbocycles. The highest BCUT2D eigenvalue weighted by Gasteiger charge is 2.11. The van der Waals surface area contributed by atoms with Crippen molar-refractivity contribution in [3.63, 3.8) is 0 Å². The third-order valence-corrected chi connectivity index (χ3v) is 4.16. The highest BCUT2D eigenvalue weighted by atomic mass is 32.2. The normalized spacial score (nSPS) is 16.7. The van der Waals surface area contributed by atoms with Gasteiger partial charge in [0.25, 0.3) is 0 Å². The molecule has 1 aliphatic heterocycles. The summed E-state index contributed by atoms with van der Waals surface area (Å²) in [6.07, 6.45) is 0.884. The number of aliphatic hydroxyl groups is 1. The number of hydrogen-bond donors (Lipinski definition) is 2. The van der Waals surface area contributed by atoms with Crippen LogP contribution in [-0.4, -0.2) is 47.1 Å². The van der Waals surface area contributed by atoms with Crippen LogP contribution in [0.3, 0.4) is 0 Å². The van der Waals surface area contributed by atoms with Crippen LogP contribution in [0.5, 0.6) is 0 Å². The van der Waals surface area contributed by atoms with E-state index in [4.69, 9.17) is 10.8 Å². The predicted octanol–water partition coefficient (Wildman–Crippen LogP) is 1.08. The Morgan fingerprint density at radius 1 is 1.21 bits per heavy atom. The summed E-state index contributed by atoms with van der Waals surface area (Å²) in [6.45, 7) is 2.82. The van der Waals surface area contributed by atoms with Gasteiger partial charge in [0.05, 0.1) is 6.61 Å². The van der Waals surface area contributed by atoms with Gasteiger partial charge >= 0.3 is 0 Å². The Hall–Kier alpha value is -1.20. The van der Waals surface area contributed by atoms with Crippen LogP contribution in [-0.2, 0) is 13.0 Å². The van der Waals surface area contributed by atoms with E-state index in [2.05, 4.69) is 9.89 Å². The largest absolute Gasteiger partial charge is 0.392 e. The zero-order chi connectivity index (χ0) is 13.5. The Kier molecular flexibility index (Phi) is 5.54. The Bertz CT molecular complexity index is 413. The second-order valence-corrected chi connectivity index (χ2v) is 5.79. The first-order valence-electron chi connectivity index (χ1n) is 6.61. The second-order valence-electron chi connectivity index (χ2n) is 4.56. The lowest BCUT2D eigenvalue weighted by molar-refractivity contribution is 0.282. The molecule has 0 bridgehead atoms. The highest BCUT2D eigenvalue weighted by Crippen LogP contribution is 2.09. The van der Waals surface area contributed by atoms with Crippen molar-refractivity contribution in [3.05, 3.63) is 35.4 Å². The molecular formula is C14H21N3OS. The van der Waals surface area contributed by atoms with E-state index in [-0.39, 0.29) is 6.61 Å². The molecule has 1 fully saturated rings. The molecule has 1 saturated heterocycles. The lowest BCUT2D eigenvalue weighted by Crippen LogP contribution is -2.42. The average Bonchev–Trinajstić information content (AvgIpc) is 2.49. The molecule has 0 unspecified atom stereocenters. The van der Waals surface area contributed by atoms with E-state index in [9.17, 15) is 0 Å². The molecule has 0 amide bonds. The molecule has 2 rings (SSSR count). The van der Waals surface area contributed by atoms with E-state index >= 15 is 0 Å². The predicted molar refractivity (Wildman–Crippen MR) is 81.5 cm³/mol. The molecule has 1 heterocycles. The average molecular weight is 279 g/mol. The topological polar surface area (TPSA) is 61.9 Å². The fourth-order valence-corrected chi connectivity index (χ4v) is 2.91. The summed E-state index contributed by atoms with van der Waals surface area (Å²) in [4.78, 5) is 6.61. The molecule has 1 aliphatic rings. The summed E-state index contributed by atoms with van der Waals surface area (Å²) >= 11 is 1.97. The fraction of sp³-hybridized carbons (Fsp3) is 0.500. The van der Waals surface area contributed by atoms with Crippen molar-refractivity contribution in [2.75, 3.05) is 31.1 Å². The number of aliphatic hydroxyl groups excluding tert-OH is 1. The number of guanidine groups is 1. The van der Waals surface area contributed by atoms with E-state index in [0.29, 0.717) is 12.5 Å². The first-order chi connectivity index (χ1) is 9.29. The van der Waals surface area contributed by atoms with Gasteiger partial charge in [-0.3, -0.25) is 4.99 Å². The van der Waals surface area contributed by atoms with Crippen LogP contribution in [0.1, 0.15) is 11.1 Å². The van der Waals surface area contributed by atoms with Crippen molar-refractivity contribution in [3.8, 4) is 0 Å². The maximum atomic E-state index is 8.98. The molecule has 0 spiro atoms. The monoisotopic (exact) mass is 279 g/mol. The SMILES string of the molecule is NC(=NCCc1ccc(CO)cc1)N1CCSCC1. The summed E-state index contributed by atoms with van der Waals surface area (Å²) in [5.74, 6) is 2.95. The maximum Gasteiger partial charge on any atom is 0.191 e. The lowest BCUT2D eigenvalue weighted by Gasteiger charge is -2.27. The van der Waals surface area contributed by atoms with Gasteiger partial charge in [-0.25, -0.2) is 0 Å². The number of nitrogens with two attached hydrogens (primary N) is 1. The Labute approximate surface area is 118 Å². The van der Waals surface area contributed by atoms with E-state index in [1.54, 1.807) is 0 Å². The number of hydrogen-bond acceptors (Lipinski definition) is 3. The van der Waals surface area contributed by atoms with Gasteiger partial charge in [-0.1, -0.05) is 24.3 Å². The van der Waals surface area contributed by atoms with Crippen molar-refractivity contribution in [2.24, 2.45) is 10.7 Å². The van der Waals surface area contributed by atoms with Gasteiger partial charge in [-0.05, 0) is 17.5 Å². The molecule has 0 atom stereocenters. The maximum absolute atomic E-state index is 8.98. The molecule has 1 aromatic rings. The standard InChI is InChI=1S/C14H21N3OS/c15-14(17-7-9-19-10-8-17)16-6-5-12-1-3-13(11-18)4-2-12/h1-4,18H,5-11H2,(H2,15,16). The third kappa shape index (κ3) is 4.44. The first kappa shape index (κ1) is 14.2. The van der Waals surface area contributed by atoms with E-state index in [1.165, 1.54) is 5.56 Å². The quantitative estimate of drug-likeness (QED) is 0.640. The molecule has 0 aromatic heterocycles. The van der Waals surface area contributed by atoms with Crippen molar-refractivity contribution in [2.45, 2.75) is 13.0 Å². The van der Waals surface area contributed by atoms with Crippen LogP contribution in [0, 0.1) is 0 Å². The fourth-order valence-electron chi connectivity index (χ4n) is 2.00. The van der Waals surface area contributed by atoms with Gasteiger partial charge in [0.2, 0.25) is 0 Å². The zero-order valence-electron chi connectivity index (χ0n) is 11.1. The van der Waals surface area contributed by atoms with E-state index in [0.717, 1.165) is 36.6 Å². The minimum absolute atomic E-state index is 0.0956. The molecule has 104 valence electrons. The molecule has 3 N–H and O–H groups in total. The van der Waals surface area contributed by atoms with Crippen LogP contribution >= 0.6 is 11.8 Å². The first-order valence-corrected chi connectivity index (χ1v) is 7.76. The van der Waals surface area contributed by atoms with Gasteiger partial charge in [0.15, 0.2) is 5.96 Å². The number of nitrogens with zero attached hydrogens (tertiary/aromatic N) is 2. The lowest BCUT2D eigenvalue weighted by atomic mass is 10.1. The molecule has 4 nitrogen and oxygen atoms in total. The number of rotatable bonds is 4. The minimum atomic E-state index is 0.0956. The van der Waals surface area contributed by atoms with Gasteiger partial charge in [0, 0.05) is 31.1 Å². The van der Waals surface area contributed by atoms with Crippen LogP contribution in [0.2, 0.25) is 0 Å². The minimum Gasteiger partial charge on any atom is -0.392 e. The van der Waals surface area contributed by atoms with Crippen molar-refractivity contribution in [1.82, 2.24) is 4.90 Å². The number of aliphatic imine (C=N–C) groups is 1. The summed E-state index contributed by atoms with van der Waals surface area (Å²) in [6, 6.07) is 7.97. The third-order valence-electron chi connectivity index (χ3n) is 3.21. The Balaban J connectivity index is 1.80. The summed E-state index contributed by atoms with van der Waals surface area (Å²) in [5.41, 5.74) is 8.16. The summed E-state index contributed by atoms with van der Waals surface area (Å²) < 4.78 is 0. The van der Waals surface area contributed by atoms with Crippen molar-refractivity contribution < 1.29 is 5.11 Å². The van der Waals surface area contributed by atoms with E-state index in [1.807, 2.05) is 36.0 Å². The van der Waals surface area contributed by atoms with Gasteiger partial charge < -0.3 is 15.7 Å². The van der Waals surface area contributed by atoms with Crippen LogP contribution in [0.15, 0.2) is 29.3 Å². The van der Waals surface area contributed by atoms with Gasteiger partial charge in [-0.15, -0.1) is 0 Å². The molecule has 1 aromatic carbocycles. The molecule has 0 radical (unpaired) electrons. The summed E-state index contributed by atoms with van der Waals surface area (Å²) in [7, 11) is 0. The Morgan fingerprint density at radius 3 is 2.47 bits per heavy atom. The number of thioether (sulfide) groups is 1. The van der Waals surface area contributed by atoms with Crippen LogP contribution in [0.4, 0.5) is 0 Å². The van der Waals surface area contributed by atoms with Crippen molar-refractivity contribution in [1.29, 1.82) is 0 Å². The number of benzene rings is 1. The highest BCUT2D eigenvalue weighted by molar-refractivity contribution is 7.99. The molecule has 19 heavy (non-hydrogen) atoms. The van der Waals surface area contributed by atoms with E-state index < -0.39 is 0 Å². The van der Waals surface area contributed by atoms with Gasteiger partial charge in [-0.2, -0.15) is 11.8 Å². The zero-order valence-corrected chi connectivity index (χ0v) is 11.9. The summed E-state index contributed by atoms with van der Waals surface area (Å²) in [5, 5.41) is 8.98. The van der Waals surface area contributed by atoms with Crippen LogP contribution in [0.25, 0.3) is 0 Å². The Morgan fingerprint density at radius 2 is 1.84 bits per heavy atom. The molecular weight excluding hydrogens is 258 g/mol. The van der Waals surface area contributed by atoms with Crippen molar-refractivity contribution >= 4 is 17.7 Å².